The molecule has 0 fully saturated rings. The highest BCUT2D eigenvalue weighted by molar-refractivity contribution is 5.84. The van der Waals surface area contributed by atoms with Crippen LogP contribution in [0.1, 0.15) is 22.8 Å². The van der Waals surface area contributed by atoms with Gasteiger partial charge in [0.15, 0.2) is 0 Å². The Balaban J connectivity index is 2.29. The number of nitrogens with zero attached hydrogens (tertiary/aromatic N) is 2. The minimum Gasteiger partial charge on any atom is -0.488 e. The molecule has 2 heterocycles. The van der Waals surface area contributed by atoms with Gasteiger partial charge >= 0.3 is 0 Å². The maximum atomic E-state index is 11.5. The average Bonchev–Trinajstić information content (AvgIpc) is 2.73. The third kappa shape index (κ3) is 1.45. The monoisotopic (exact) mass is 228 g/mol. The largest absolute Gasteiger partial charge is 0.488 e. The molecule has 2 aromatic rings. The van der Waals surface area contributed by atoms with Crippen LogP contribution in [0.15, 0.2) is 24.4 Å². The van der Waals surface area contributed by atoms with Gasteiger partial charge in [-0.15, -0.1) is 0 Å². The number of fused-ring (bicyclic) bond motifs is 3. The Bertz CT molecular complexity index is 614. The predicted octanol–water partition coefficient (Wildman–Crippen LogP) is 2.41. The number of aryl methyl sites for hydroxylation is 1. The second-order valence-corrected chi connectivity index (χ2v) is 4.24. The zero-order valence-electron chi connectivity index (χ0n) is 9.73. The molecule has 0 radical (unpaired) electrons. The van der Waals surface area contributed by atoms with Gasteiger partial charge in [0.05, 0.1) is 11.9 Å². The van der Waals surface area contributed by atoms with Crippen LogP contribution < -0.4 is 4.74 Å². The number of hydrogen-bond acceptors (Lipinski definition) is 3. The van der Waals surface area contributed by atoms with Crippen molar-refractivity contribution in [1.29, 1.82) is 0 Å². The summed E-state index contributed by atoms with van der Waals surface area (Å²) in [5, 5.41) is 4.11. The Morgan fingerprint density at radius 3 is 3.06 bits per heavy atom. The first-order chi connectivity index (χ1) is 8.16. The number of rotatable bonds is 0. The van der Waals surface area contributed by atoms with Crippen LogP contribution in [-0.4, -0.2) is 15.7 Å². The quantitative estimate of drug-likeness (QED) is 0.695. The van der Waals surface area contributed by atoms with Gasteiger partial charge in [0.25, 0.3) is 0 Å². The summed E-state index contributed by atoms with van der Waals surface area (Å²) in [6, 6.07) is 5.96. The zero-order valence-corrected chi connectivity index (χ0v) is 9.73. The minimum atomic E-state index is -0.0828. The molecule has 17 heavy (non-hydrogen) atoms. The lowest BCUT2D eigenvalue weighted by molar-refractivity contribution is 0.0923. The van der Waals surface area contributed by atoms with Gasteiger partial charge in [0.1, 0.15) is 12.4 Å². The van der Waals surface area contributed by atoms with E-state index >= 15 is 0 Å². The van der Waals surface area contributed by atoms with Crippen LogP contribution in [0.4, 0.5) is 0 Å². The average molecular weight is 228 g/mol. The highest BCUT2D eigenvalue weighted by Gasteiger charge is 2.23. The lowest BCUT2D eigenvalue weighted by Gasteiger charge is -2.18. The fourth-order valence-electron chi connectivity index (χ4n) is 2.12. The van der Waals surface area contributed by atoms with Crippen LogP contribution in [0.25, 0.3) is 11.3 Å². The van der Waals surface area contributed by atoms with E-state index in [1.54, 1.807) is 6.20 Å². The van der Waals surface area contributed by atoms with Crippen molar-refractivity contribution in [2.45, 2.75) is 20.5 Å². The molecule has 0 saturated carbocycles. The van der Waals surface area contributed by atoms with Crippen LogP contribution in [0.5, 0.6) is 5.75 Å². The maximum Gasteiger partial charge on any atom is 0.244 e. The van der Waals surface area contributed by atoms with Crippen LogP contribution in [0.3, 0.4) is 0 Å². The van der Waals surface area contributed by atoms with Gasteiger partial charge in [-0.25, -0.2) is 0 Å². The first kappa shape index (κ1) is 10.1. The Morgan fingerprint density at radius 2 is 2.29 bits per heavy atom. The van der Waals surface area contributed by atoms with Crippen molar-refractivity contribution in [1.82, 2.24) is 9.78 Å². The molecule has 1 aromatic heterocycles. The molecule has 0 bridgehead atoms. The number of aromatic nitrogens is 2. The molecule has 0 amide bonds. The fourth-order valence-corrected chi connectivity index (χ4v) is 2.12. The third-order valence-electron chi connectivity index (χ3n) is 2.92. The highest BCUT2D eigenvalue weighted by atomic mass is 16.5. The van der Waals surface area contributed by atoms with Crippen LogP contribution in [0.2, 0.25) is 0 Å². The SMILES string of the molecule is CC(=O)n1ncc2c1-c1cc(C)ccc1OC2. The van der Waals surface area contributed by atoms with Gasteiger partial charge < -0.3 is 4.74 Å². The lowest BCUT2D eigenvalue weighted by atomic mass is 10.0. The summed E-state index contributed by atoms with van der Waals surface area (Å²) in [6.45, 7) is 4.00. The van der Waals surface area contributed by atoms with Gasteiger partial charge in [-0.1, -0.05) is 11.6 Å². The normalized spacial score (nSPS) is 12.6. The summed E-state index contributed by atoms with van der Waals surface area (Å²) >= 11 is 0. The zero-order chi connectivity index (χ0) is 12.0. The van der Waals surface area contributed by atoms with Crippen molar-refractivity contribution >= 4 is 5.91 Å². The molecule has 0 atom stereocenters. The molecule has 4 heteroatoms. The standard InChI is InChI=1S/C13H12N2O2/c1-8-3-4-12-11(5-8)13-10(7-17-12)6-14-15(13)9(2)16/h3-6H,7H2,1-2H3. The highest BCUT2D eigenvalue weighted by Crippen LogP contribution is 2.37. The maximum absolute atomic E-state index is 11.5. The lowest BCUT2D eigenvalue weighted by Crippen LogP contribution is -2.13. The second kappa shape index (κ2) is 3.45. The van der Waals surface area contributed by atoms with Crippen molar-refractivity contribution in [3.63, 3.8) is 0 Å². The van der Waals surface area contributed by atoms with Gasteiger partial charge in [-0.2, -0.15) is 9.78 Å². The molecule has 3 rings (SSSR count). The molecule has 1 aromatic carbocycles. The van der Waals surface area contributed by atoms with E-state index in [1.165, 1.54) is 11.6 Å². The molecule has 0 unspecified atom stereocenters. The molecule has 1 aliphatic rings. The number of hydrogen-bond donors (Lipinski definition) is 0. The van der Waals surface area contributed by atoms with Gasteiger partial charge in [0.2, 0.25) is 5.91 Å². The first-order valence-corrected chi connectivity index (χ1v) is 5.48. The van der Waals surface area contributed by atoms with E-state index < -0.39 is 0 Å². The molecule has 1 aliphatic heterocycles. The number of carbonyl (C=O) groups excluding carboxylic acids is 1. The first-order valence-electron chi connectivity index (χ1n) is 5.48. The Kier molecular flexibility index (Phi) is 2.04. The molecule has 4 nitrogen and oxygen atoms in total. The summed E-state index contributed by atoms with van der Waals surface area (Å²) in [6.07, 6.45) is 1.70. The van der Waals surface area contributed by atoms with Crippen molar-refractivity contribution in [2.24, 2.45) is 0 Å². The molecular weight excluding hydrogens is 216 g/mol. The van der Waals surface area contributed by atoms with Crippen molar-refractivity contribution < 1.29 is 9.53 Å². The minimum absolute atomic E-state index is 0.0828. The summed E-state index contributed by atoms with van der Waals surface area (Å²) in [5.41, 5.74) is 3.90. The van der Waals surface area contributed by atoms with E-state index in [0.717, 1.165) is 28.1 Å². The third-order valence-corrected chi connectivity index (χ3v) is 2.92. The molecule has 0 aliphatic carbocycles. The van der Waals surface area contributed by atoms with E-state index in [0.29, 0.717) is 6.61 Å². The predicted molar refractivity (Wildman–Crippen MR) is 63.0 cm³/mol. The van der Waals surface area contributed by atoms with Gasteiger partial charge in [-0.05, 0) is 19.1 Å². The van der Waals surface area contributed by atoms with Crippen LogP contribution >= 0.6 is 0 Å². The van der Waals surface area contributed by atoms with Crippen molar-refractivity contribution in [3.05, 3.63) is 35.5 Å². The van der Waals surface area contributed by atoms with E-state index in [2.05, 4.69) is 5.10 Å². The van der Waals surface area contributed by atoms with Gasteiger partial charge in [-0.3, -0.25) is 4.79 Å². The van der Waals surface area contributed by atoms with E-state index in [9.17, 15) is 4.79 Å². The fraction of sp³-hybridized carbons (Fsp3) is 0.231. The summed E-state index contributed by atoms with van der Waals surface area (Å²) in [5.74, 6) is 0.728. The summed E-state index contributed by atoms with van der Waals surface area (Å²) < 4.78 is 7.07. The van der Waals surface area contributed by atoms with E-state index in [1.807, 2.05) is 25.1 Å². The van der Waals surface area contributed by atoms with E-state index in [-0.39, 0.29) is 5.91 Å². The van der Waals surface area contributed by atoms with E-state index in [4.69, 9.17) is 4.74 Å². The molecular formula is C13H12N2O2. The molecule has 0 spiro atoms. The molecule has 0 saturated heterocycles. The topological polar surface area (TPSA) is 44.1 Å². The number of benzene rings is 1. The van der Waals surface area contributed by atoms with Crippen molar-refractivity contribution in [2.75, 3.05) is 0 Å². The summed E-state index contributed by atoms with van der Waals surface area (Å²) in [7, 11) is 0. The number of carbonyl (C=O) groups is 1. The Hall–Kier alpha value is -2.10. The smallest absolute Gasteiger partial charge is 0.244 e. The van der Waals surface area contributed by atoms with Crippen LogP contribution in [-0.2, 0) is 6.61 Å². The Morgan fingerprint density at radius 1 is 1.47 bits per heavy atom. The molecule has 0 N–H and O–H groups in total. The summed E-state index contributed by atoms with van der Waals surface area (Å²) in [4.78, 5) is 11.5. The number of ether oxygens (including phenoxy) is 1. The molecule has 86 valence electrons. The Labute approximate surface area is 98.8 Å². The van der Waals surface area contributed by atoms with Crippen LogP contribution in [0, 0.1) is 6.92 Å². The van der Waals surface area contributed by atoms with Gasteiger partial charge in [0, 0.05) is 18.1 Å². The van der Waals surface area contributed by atoms with Crippen molar-refractivity contribution in [3.8, 4) is 17.0 Å². The second-order valence-electron chi connectivity index (χ2n) is 4.24.